The molecule has 0 amide bonds. The maximum absolute atomic E-state index is 13.1. The zero-order valence-electron chi connectivity index (χ0n) is 16.4. The van der Waals surface area contributed by atoms with Gasteiger partial charge in [-0.1, -0.05) is 18.2 Å². The fourth-order valence-electron chi connectivity index (χ4n) is 3.70. The van der Waals surface area contributed by atoms with Crippen LogP contribution in [0.5, 0.6) is 0 Å². The third-order valence-electron chi connectivity index (χ3n) is 5.33. The summed E-state index contributed by atoms with van der Waals surface area (Å²) in [7, 11) is 2.06. The van der Waals surface area contributed by atoms with Crippen molar-refractivity contribution in [1.82, 2.24) is 14.1 Å². The van der Waals surface area contributed by atoms with Gasteiger partial charge in [-0.3, -0.25) is 9.36 Å². The monoisotopic (exact) mass is 499 g/mol. The molecule has 2 aromatic heterocycles. The molecule has 0 atom stereocenters. The van der Waals surface area contributed by atoms with Crippen molar-refractivity contribution in [2.24, 2.45) is 7.05 Å². The van der Waals surface area contributed by atoms with Crippen LogP contribution in [0.4, 0.5) is 0 Å². The minimum Gasteiger partial charge on any atom is -0.396 e. The van der Waals surface area contributed by atoms with E-state index in [0.717, 1.165) is 14.8 Å². The molecule has 29 heavy (non-hydrogen) atoms. The van der Waals surface area contributed by atoms with Crippen LogP contribution in [-0.2, 0) is 13.6 Å². The van der Waals surface area contributed by atoms with E-state index in [0.29, 0.717) is 29.7 Å². The number of hydrogen-bond acceptors (Lipinski definition) is 3. The first-order valence-corrected chi connectivity index (χ1v) is 10.6. The second-order valence-corrected chi connectivity index (χ2v) is 8.32. The van der Waals surface area contributed by atoms with Crippen LogP contribution >= 0.6 is 22.6 Å². The summed E-state index contributed by atoms with van der Waals surface area (Å²) in [5, 5.41) is 11.0. The summed E-state index contributed by atoms with van der Waals surface area (Å²) in [5.74, 6) is 0.601. The molecule has 4 rings (SSSR count). The summed E-state index contributed by atoms with van der Waals surface area (Å²) >= 11 is 2.20. The molecule has 0 aliphatic carbocycles. The van der Waals surface area contributed by atoms with Gasteiger partial charge >= 0.3 is 0 Å². The van der Waals surface area contributed by atoms with Crippen molar-refractivity contribution in [2.75, 3.05) is 6.61 Å². The summed E-state index contributed by atoms with van der Waals surface area (Å²) in [5.41, 5.74) is 4.06. The molecule has 0 bridgehead atoms. The topological polar surface area (TPSA) is 60.1 Å². The zero-order valence-corrected chi connectivity index (χ0v) is 18.6. The summed E-state index contributed by atoms with van der Waals surface area (Å²) in [6.45, 7) is 2.55. The number of aromatic nitrogens is 3. The number of aliphatic hydroxyl groups excluding tert-OH is 1. The smallest absolute Gasteiger partial charge is 0.261 e. The van der Waals surface area contributed by atoms with Gasteiger partial charge in [-0.25, -0.2) is 4.98 Å². The second kappa shape index (κ2) is 8.12. The number of aliphatic hydroxyl groups is 1. The Balaban J connectivity index is 1.89. The summed E-state index contributed by atoms with van der Waals surface area (Å²) in [6.07, 6.45) is 4.45. The van der Waals surface area contributed by atoms with Crippen molar-refractivity contribution in [2.45, 2.75) is 19.9 Å². The Morgan fingerprint density at radius 1 is 1.14 bits per heavy atom. The van der Waals surface area contributed by atoms with Gasteiger partial charge in [0.15, 0.2) is 0 Å². The lowest BCUT2D eigenvalue weighted by Gasteiger charge is -2.11. The molecule has 2 heterocycles. The van der Waals surface area contributed by atoms with Gasteiger partial charge in [-0.15, -0.1) is 0 Å². The number of rotatable bonds is 5. The maximum Gasteiger partial charge on any atom is 0.261 e. The van der Waals surface area contributed by atoms with E-state index in [1.54, 1.807) is 4.57 Å². The highest BCUT2D eigenvalue weighted by molar-refractivity contribution is 14.1. The maximum atomic E-state index is 13.1. The van der Waals surface area contributed by atoms with Gasteiger partial charge in [0.2, 0.25) is 0 Å². The van der Waals surface area contributed by atoms with Crippen LogP contribution in [0.15, 0.2) is 47.3 Å². The van der Waals surface area contributed by atoms with Crippen LogP contribution in [0.3, 0.4) is 0 Å². The molecule has 4 aromatic rings. The fraction of sp³-hybridized carbons (Fsp3) is 0.217. The molecule has 6 heteroatoms. The van der Waals surface area contributed by atoms with Gasteiger partial charge in [0.1, 0.15) is 5.82 Å². The molecule has 0 saturated heterocycles. The summed E-state index contributed by atoms with van der Waals surface area (Å²) in [6, 6.07) is 14.0. The van der Waals surface area contributed by atoms with Crippen LogP contribution in [0.2, 0.25) is 0 Å². The van der Waals surface area contributed by atoms with E-state index in [4.69, 9.17) is 4.98 Å². The third-order valence-corrected chi connectivity index (χ3v) is 6.00. The van der Waals surface area contributed by atoms with E-state index in [1.807, 2.05) is 42.5 Å². The van der Waals surface area contributed by atoms with Gasteiger partial charge in [-0.2, -0.15) is 0 Å². The van der Waals surface area contributed by atoms with Crippen molar-refractivity contribution in [3.63, 3.8) is 0 Å². The van der Waals surface area contributed by atoms with Crippen molar-refractivity contribution in [3.05, 3.63) is 73.5 Å². The first kappa shape index (κ1) is 19.8. The van der Waals surface area contributed by atoms with E-state index >= 15 is 0 Å². The lowest BCUT2D eigenvalue weighted by molar-refractivity contribution is 0.278. The van der Waals surface area contributed by atoms with E-state index in [2.05, 4.69) is 53.3 Å². The quantitative estimate of drug-likeness (QED) is 0.416. The predicted octanol–water partition coefficient (Wildman–Crippen LogP) is 4.35. The van der Waals surface area contributed by atoms with Crippen molar-refractivity contribution in [3.8, 4) is 0 Å². The molecule has 0 aliphatic heterocycles. The Morgan fingerprint density at radius 3 is 2.72 bits per heavy atom. The van der Waals surface area contributed by atoms with E-state index in [-0.39, 0.29) is 12.2 Å². The molecule has 5 nitrogen and oxygen atoms in total. The number of aryl methyl sites for hydroxylation is 1. The number of hydrogen-bond donors (Lipinski definition) is 1. The molecule has 0 spiro atoms. The highest BCUT2D eigenvalue weighted by Crippen LogP contribution is 2.26. The molecular weight excluding hydrogens is 477 g/mol. The summed E-state index contributed by atoms with van der Waals surface area (Å²) < 4.78 is 4.83. The molecule has 0 radical (unpaired) electrons. The SMILES string of the molecule is Cc1c(C=Cc2nc3ccc(I)cc3c(=O)n2CCCO)c2ccccc2n1C. The first-order valence-electron chi connectivity index (χ1n) is 9.54. The van der Waals surface area contributed by atoms with Crippen molar-refractivity contribution in [1.29, 1.82) is 0 Å². The highest BCUT2D eigenvalue weighted by atomic mass is 127. The Bertz CT molecular complexity index is 1300. The standard InChI is InChI=1S/C23H22IN3O2/c1-15-17(18-6-3-4-7-21(18)26(15)2)9-11-22-25-20-10-8-16(24)14-19(20)23(29)27(22)12-5-13-28/h3-4,6-11,14,28H,5,12-13H2,1-2H3. The molecule has 0 fully saturated rings. The van der Waals surface area contributed by atoms with Crippen LogP contribution < -0.4 is 5.56 Å². The molecule has 148 valence electrons. The Kier molecular flexibility index (Phi) is 5.56. The Labute approximate surface area is 182 Å². The minimum absolute atomic E-state index is 0.0301. The average Bonchev–Trinajstić information content (AvgIpc) is 2.97. The third kappa shape index (κ3) is 3.62. The molecular formula is C23H22IN3O2. The molecule has 0 aliphatic rings. The number of nitrogens with zero attached hydrogens (tertiary/aromatic N) is 3. The zero-order chi connectivity index (χ0) is 20.5. The second-order valence-electron chi connectivity index (χ2n) is 7.07. The number of fused-ring (bicyclic) bond motifs is 2. The van der Waals surface area contributed by atoms with E-state index < -0.39 is 0 Å². The number of halogens is 1. The van der Waals surface area contributed by atoms with Crippen LogP contribution in [0.1, 0.15) is 23.5 Å². The lowest BCUT2D eigenvalue weighted by Crippen LogP contribution is -2.24. The van der Waals surface area contributed by atoms with Crippen LogP contribution in [-0.4, -0.2) is 25.8 Å². The number of para-hydroxylation sites is 1. The van der Waals surface area contributed by atoms with Gasteiger partial charge in [0.25, 0.3) is 5.56 Å². The van der Waals surface area contributed by atoms with Gasteiger partial charge in [0.05, 0.1) is 10.9 Å². The fourth-order valence-corrected chi connectivity index (χ4v) is 4.19. The largest absolute Gasteiger partial charge is 0.396 e. The molecule has 0 saturated carbocycles. The average molecular weight is 499 g/mol. The first-order chi connectivity index (χ1) is 14.0. The normalized spacial score (nSPS) is 11.9. The van der Waals surface area contributed by atoms with Gasteiger partial charge in [0, 0.05) is 45.9 Å². The number of benzene rings is 2. The van der Waals surface area contributed by atoms with E-state index in [9.17, 15) is 9.90 Å². The van der Waals surface area contributed by atoms with Gasteiger partial charge < -0.3 is 9.67 Å². The molecule has 0 unspecified atom stereocenters. The lowest BCUT2D eigenvalue weighted by atomic mass is 10.1. The van der Waals surface area contributed by atoms with Crippen molar-refractivity contribution >= 4 is 56.5 Å². The Hall–Kier alpha value is -2.45. The predicted molar refractivity (Wildman–Crippen MR) is 127 cm³/mol. The molecule has 1 N–H and O–H groups in total. The highest BCUT2D eigenvalue weighted by Gasteiger charge is 2.12. The van der Waals surface area contributed by atoms with Crippen LogP contribution in [0.25, 0.3) is 34.0 Å². The van der Waals surface area contributed by atoms with Gasteiger partial charge in [-0.05, 0) is 72.4 Å². The van der Waals surface area contributed by atoms with Crippen molar-refractivity contribution < 1.29 is 5.11 Å². The minimum atomic E-state index is -0.0729. The Morgan fingerprint density at radius 2 is 1.93 bits per heavy atom. The van der Waals surface area contributed by atoms with E-state index in [1.165, 1.54) is 10.9 Å². The van der Waals surface area contributed by atoms with Crippen LogP contribution in [0, 0.1) is 10.5 Å². The molecule has 2 aromatic carbocycles. The summed E-state index contributed by atoms with van der Waals surface area (Å²) in [4.78, 5) is 17.8.